The van der Waals surface area contributed by atoms with Crippen molar-refractivity contribution in [1.82, 2.24) is 14.8 Å². The van der Waals surface area contributed by atoms with E-state index in [-0.39, 0.29) is 17.8 Å². The summed E-state index contributed by atoms with van der Waals surface area (Å²) < 4.78 is 13.1. The van der Waals surface area contributed by atoms with E-state index in [4.69, 9.17) is 9.47 Å². The number of carbonyl (C=O) groups is 1. The number of carbonyl (C=O) groups excluding carboxylic acids is 1. The van der Waals surface area contributed by atoms with Crippen molar-refractivity contribution < 1.29 is 14.3 Å². The number of nitrogens with zero attached hydrogens (tertiary/aromatic N) is 3. The molecular weight excluding hydrogens is 400 g/mol. The van der Waals surface area contributed by atoms with Crippen molar-refractivity contribution in [3.05, 3.63) is 59.4 Å². The first-order valence-corrected chi connectivity index (χ1v) is 10.6. The normalized spacial score (nSPS) is 11.8. The van der Waals surface area contributed by atoms with E-state index >= 15 is 0 Å². The topological polar surface area (TPSA) is 78.3 Å². The number of amides is 1. The maximum absolute atomic E-state index is 12.3. The Bertz CT molecular complexity index is 1030. The summed E-state index contributed by atoms with van der Waals surface area (Å²) in [6.45, 7) is 6.01. The standard InChI is InChI=1S/C22H26N4O3S/c1-14-9-10-19(15(2)11-14)29-16(3)21-24-25-22(26(21)4)30-13-20(27)23-17-7-6-8-18(12-17)28-5/h6-12,16H,13H2,1-5H3,(H,23,27). The number of hydrogen-bond acceptors (Lipinski definition) is 6. The molecule has 3 rings (SSSR count). The van der Waals surface area contributed by atoms with Crippen molar-refractivity contribution in [2.45, 2.75) is 32.0 Å². The molecule has 1 atom stereocenters. The second-order valence-corrected chi connectivity index (χ2v) is 7.94. The van der Waals surface area contributed by atoms with Crippen LogP contribution in [0.4, 0.5) is 5.69 Å². The van der Waals surface area contributed by atoms with Gasteiger partial charge in [0, 0.05) is 18.8 Å². The number of hydrogen-bond donors (Lipinski definition) is 1. The minimum absolute atomic E-state index is 0.127. The number of benzene rings is 2. The molecule has 2 aromatic carbocycles. The van der Waals surface area contributed by atoms with Gasteiger partial charge in [-0.15, -0.1) is 10.2 Å². The average Bonchev–Trinajstić information content (AvgIpc) is 3.09. The second kappa shape index (κ2) is 9.67. The van der Waals surface area contributed by atoms with Crippen LogP contribution in [-0.2, 0) is 11.8 Å². The van der Waals surface area contributed by atoms with Crippen LogP contribution in [-0.4, -0.2) is 33.5 Å². The van der Waals surface area contributed by atoms with E-state index in [2.05, 4.69) is 28.5 Å². The molecule has 1 heterocycles. The molecule has 1 N–H and O–H groups in total. The molecule has 0 bridgehead atoms. The lowest BCUT2D eigenvalue weighted by atomic mass is 10.1. The van der Waals surface area contributed by atoms with Gasteiger partial charge in [0.1, 0.15) is 11.5 Å². The highest BCUT2D eigenvalue weighted by Crippen LogP contribution is 2.26. The smallest absolute Gasteiger partial charge is 0.234 e. The van der Waals surface area contributed by atoms with E-state index in [0.29, 0.717) is 22.4 Å². The van der Waals surface area contributed by atoms with Gasteiger partial charge >= 0.3 is 0 Å². The third-order valence-electron chi connectivity index (χ3n) is 4.55. The van der Waals surface area contributed by atoms with Gasteiger partial charge in [-0.3, -0.25) is 4.79 Å². The summed E-state index contributed by atoms with van der Waals surface area (Å²) in [5, 5.41) is 12.0. The molecule has 1 unspecified atom stereocenters. The van der Waals surface area contributed by atoms with E-state index in [9.17, 15) is 4.79 Å². The maximum Gasteiger partial charge on any atom is 0.234 e. The first kappa shape index (κ1) is 21.7. The number of aryl methyl sites for hydroxylation is 2. The second-order valence-electron chi connectivity index (χ2n) is 7.00. The quantitative estimate of drug-likeness (QED) is 0.541. The Hall–Kier alpha value is -3.00. The monoisotopic (exact) mass is 426 g/mol. The van der Waals surface area contributed by atoms with E-state index in [1.165, 1.54) is 17.3 Å². The van der Waals surface area contributed by atoms with Gasteiger partial charge in [-0.2, -0.15) is 0 Å². The highest BCUT2D eigenvalue weighted by atomic mass is 32.2. The van der Waals surface area contributed by atoms with Gasteiger partial charge in [0.05, 0.1) is 12.9 Å². The van der Waals surface area contributed by atoms with Crippen molar-refractivity contribution in [2.24, 2.45) is 7.05 Å². The lowest BCUT2D eigenvalue weighted by Gasteiger charge is -2.16. The fraction of sp³-hybridized carbons (Fsp3) is 0.318. The number of methoxy groups -OCH3 is 1. The summed E-state index contributed by atoms with van der Waals surface area (Å²) in [7, 11) is 3.47. The summed E-state index contributed by atoms with van der Waals surface area (Å²) in [5.74, 6) is 2.30. The first-order chi connectivity index (χ1) is 14.4. The van der Waals surface area contributed by atoms with Gasteiger partial charge in [0.15, 0.2) is 17.1 Å². The maximum atomic E-state index is 12.3. The predicted molar refractivity (Wildman–Crippen MR) is 118 cm³/mol. The third kappa shape index (κ3) is 5.33. The Balaban J connectivity index is 1.59. The first-order valence-electron chi connectivity index (χ1n) is 9.57. The molecule has 0 radical (unpaired) electrons. The summed E-state index contributed by atoms with van der Waals surface area (Å²) in [5.41, 5.74) is 2.96. The lowest BCUT2D eigenvalue weighted by Crippen LogP contribution is -2.15. The average molecular weight is 427 g/mol. The molecule has 0 saturated heterocycles. The number of nitrogens with one attached hydrogen (secondary N) is 1. The lowest BCUT2D eigenvalue weighted by molar-refractivity contribution is -0.113. The van der Waals surface area contributed by atoms with Crippen LogP contribution < -0.4 is 14.8 Å². The van der Waals surface area contributed by atoms with Crippen LogP contribution in [0.5, 0.6) is 11.5 Å². The van der Waals surface area contributed by atoms with Crippen LogP contribution in [0, 0.1) is 13.8 Å². The number of ether oxygens (including phenoxy) is 2. The van der Waals surface area contributed by atoms with E-state index < -0.39 is 0 Å². The van der Waals surface area contributed by atoms with Crippen molar-refractivity contribution >= 4 is 23.4 Å². The van der Waals surface area contributed by atoms with E-state index in [0.717, 1.165) is 11.3 Å². The molecule has 0 aliphatic rings. The van der Waals surface area contributed by atoms with Crippen molar-refractivity contribution in [1.29, 1.82) is 0 Å². The molecule has 0 fully saturated rings. The molecule has 8 heteroatoms. The van der Waals surface area contributed by atoms with Gasteiger partial charge in [-0.25, -0.2) is 0 Å². The van der Waals surface area contributed by atoms with E-state index in [1.807, 2.05) is 55.8 Å². The third-order valence-corrected chi connectivity index (χ3v) is 5.57. The molecule has 0 aliphatic carbocycles. The number of anilines is 1. The van der Waals surface area contributed by atoms with Crippen LogP contribution in [0.15, 0.2) is 47.6 Å². The van der Waals surface area contributed by atoms with Gasteiger partial charge in [-0.05, 0) is 44.5 Å². The Kier molecular flexibility index (Phi) is 6.99. The molecule has 158 valence electrons. The summed E-state index contributed by atoms with van der Waals surface area (Å²) in [6.07, 6.45) is -0.274. The van der Waals surface area contributed by atoms with Crippen LogP contribution in [0.2, 0.25) is 0 Å². The molecule has 7 nitrogen and oxygen atoms in total. The van der Waals surface area contributed by atoms with Gasteiger partial charge < -0.3 is 19.4 Å². The molecule has 1 amide bonds. The van der Waals surface area contributed by atoms with E-state index in [1.54, 1.807) is 13.2 Å². The molecule has 0 saturated carbocycles. The summed E-state index contributed by atoms with van der Waals surface area (Å²) in [4.78, 5) is 12.3. The highest BCUT2D eigenvalue weighted by molar-refractivity contribution is 7.99. The zero-order chi connectivity index (χ0) is 21.7. The highest BCUT2D eigenvalue weighted by Gasteiger charge is 2.18. The molecular formula is C22H26N4O3S. The van der Waals surface area contributed by atoms with Crippen molar-refractivity contribution in [2.75, 3.05) is 18.2 Å². The minimum atomic E-state index is -0.274. The van der Waals surface area contributed by atoms with Gasteiger partial charge in [0.25, 0.3) is 0 Å². The van der Waals surface area contributed by atoms with Gasteiger partial charge in [-0.1, -0.05) is 35.5 Å². The van der Waals surface area contributed by atoms with Crippen LogP contribution in [0.1, 0.15) is 30.0 Å². The Morgan fingerprint density at radius 1 is 1.20 bits per heavy atom. The Morgan fingerprint density at radius 3 is 2.73 bits per heavy atom. The fourth-order valence-corrected chi connectivity index (χ4v) is 3.73. The molecule has 1 aromatic heterocycles. The number of thioether (sulfide) groups is 1. The SMILES string of the molecule is COc1cccc(NC(=O)CSc2nnc(C(C)Oc3ccc(C)cc3C)n2C)c1. The molecule has 30 heavy (non-hydrogen) atoms. The Morgan fingerprint density at radius 2 is 2.00 bits per heavy atom. The zero-order valence-electron chi connectivity index (χ0n) is 17.8. The zero-order valence-corrected chi connectivity index (χ0v) is 18.6. The van der Waals surface area contributed by atoms with Gasteiger partial charge in [0.2, 0.25) is 5.91 Å². The van der Waals surface area contributed by atoms with Crippen molar-refractivity contribution in [3.8, 4) is 11.5 Å². The van der Waals surface area contributed by atoms with Crippen LogP contribution in [0.3, 0.4) is 0 Å². The van der Waals surface area contributed by atoms with Crippen LogP contribution >= 0.6 is 11.8 Å². The number of aromatic nitrogens is 3. The minimum Gasteiger partial charge on any atom is -0.497 e. The predicted octanol–water partition coefficient (Wildman–Crippen LogP) is 4.31. The molecule has 0 spiro atoms. The largest absolute Gasteiger partial charge is 0.497 e. The summed E-state index contributed by atoms with van der Waals surface area (Å²) in [6, 6.07) is 13.3. The van der Waals surface area contributed by atoms with Crippen molar-refractivity contribution in [3.63, 3.8) is 0 Å². The summed E-state index contributed by atoms with van der Waals surface area (Å²) >= 11 is 1.32. The number of rotatable bonds is 8. The Labute approximate surface area is 180 Å². The molecule has 0 aliphatic heterocycles. The molecule has 3 aromatic rings. The fourth-order valence-electron chi connectivity index (χ4n) is 3.01. The van der Waals surface area contributed by atoms with Crippen LogP contribution in [0.25, 0.3) is 0 Å².